The van der Waals surface area contributed by atoms with Crippen LogP contribution in [0.1, 0.15) is 0 Å². The van der Waals surface area contributed by atoms with Crippen LogP contribution in [-0.4, -0.2) is 15.0 Å². The Morgan fingerprint density at radius 3 is 1.61 bits per heavy atom. The minimum atomic E-state index is 0.677. The van der Waals surface area contributed by atoms with Gasteiger partial charge in [-0.3, -0.25) is 0 Å². The lowest BCUT2D eigenvalue weighted by molar-refractivity contribution is 1.18. The van der Waals surface area contributed by atoms with E-state index in [1.54, 1.807) is 0 Å². The molecule has 0 aliphatic heterocycles. The van der Waals surface area contributed by atoms with Crippen LogP contribution in [0, 0.1) is 0 Å². The summed E-state index contributed by atoms with van der Waals surface area (Å²) >= 11 is 1.83. The fraction of sp³-hybridized carbons (Fsp3) is 0. The first kappa shape index (κ1) is 35.2. The third kappa shape index (κ3) is 6.07. The van der Waals surface area contributed by atoms with E-state index in [1.807, 2.05) is 17.4 Å². The van der Waals surface area contributed by atoms with E-state index >= 15 is 0 Å². The zero-order chi connectivity index (χ0) is 40.3. The lowest BCUT2D eigenvalue weighted by atomic mass is 9.92. The van der Waals surface area contributed by atoms with Gasteiger partial charge in [0.1, 0.15) is 0 Å². The van der Waals surface area contributed by atoms with Crippen molar-refractivity contribution in [1.82, 2.24) is 15.0 Å². The molecule has 4 heteroatoms. The number of rotatable bonds is 6. The number of hydrogen-bond donors (Lipinski definition) is 0. The minimum Gasteiger partial charge on any atom is -0.247 e. The first-order chi connectivity index (χ1) is 30.2. The molecule has 3 nitrogen and oxygen atoms in total. The average Bonchev–Trinajstić information content (AvgIpc) is 3.74. The number of benzene rings is 9. The highest BCUT2D eigenvalue weighted by Crippen LogP contribution is 2.47. The van der Waals surface area contributed by atoms with E-state index in [2.05, 4.69) is 206 Å². The van der Waals surface area contributed by atoms with Crippen molar-refractivity contribution in [3.05, 3.63) is 212 Å². The summed E-state index contributed by atoms with van der Waals surface area (Å²) in [5.41, 5.74) is 12.5. The summed E-state index contributed by atoms with van der Waals surface area (Å²) in [5, 5.41) is 8.35. The molecule has 0 aliphatic carbocycles. The predicted molar refractivity (Wildman–Crippen MR) is 258 cm³/mol. The smallest absolute Gasteiger partial charge is 0.160 e. The third-order valence-electron chi connectivity index (χ3n) is 11.9. The molecule has 0 N–H and O–H groups in total. The molecule has 0 atom stereocenters. The number of aromatic nitrogens is 3. The maximum Gasteiger partial charge on any atom is 0.160 e. The van der Waals surface area contributed by atoms with Crippen molar-refractivity contribution in [1.29, 1.82) is 0 Å². The highest BCUT2D eigenvalue weighted by Gasteiger charge is 2.22. The molecule has 12 aromatic rings. The van der Waals surface area contributed by atoms with Crippen LogP contribution in [0.15, 0.2) is 212 Å². The van der Waals surface area contributed by atoms with Crippen molar-refractivity contribution >= 4 is 64.0 Å². The normalized spacial score (nSPS) is 11.6. The van der Waals surface area contributed by atoms with E-state index < -0.39 is 0 Å². The number of fused-ring (bicyclic) bond motifs is 8. The second-order valence-electron chi connectivity index (χ2n) is 15.5. The predicted octanol–water partition coefficient (Wildman–Crippen LogP) is 15.7. The zero-order valence-corrected chi connectivity index (χ0v) is 33.8. The van der Waals surface area contributed by atoms with E-state index in [4.69, 9.17) is 15.0 Å². The van der Waals surface area contributed by atoms with Gasteiger partial charge in [-0.15, -0.1) is 11.3 Å². The summed E-state index contributed by atoms with van der Waals surface area (Å²) in [7, 11) is 0. The lowest BCUT2D eigenvalue weighted by Crippen LogP contribution is -1.97. The second kappa shape index (κ2) is 14.5. The van der Waals surface area contributed by atoms with Crippen LogP contribution in [0.3, 0.4) is 0 Å². The molecule has 0 fully saturated rings. The molecule has 284 valence electrons. The van der Waals surface area contributed by atoms with Crippen LogP contribution in [0.25, 0.3) is 120 Å². The molecule has 9 aromatic carbocycles. The number of hydrogen-bond acceptors (Lipinski definition) is 4. The summed E-state index contributed by atoms with van der Waals surface area (Å²) in [6, 6.07) is 75.4. The first-order valence-corrected chi connectivity index (χ1v) is 21.4. The van der Waals surface area contributed by atoms with Gasteiger partial charge in [0.15, 0.2) is 5.82 Å². The molecule has 0 amide bonds. The first-order valence-electron chi connectivity index (χ1n) is 20.6. The van der Waals surface area contributed by atoms with Crippen LogP contribution in [-0.2, 0) is 0 Å². The third-order valence-corrected chi connectivity index (χ3v) is 13.1. The Bertz CT molecular complexity index is 3510. The number of nitrogens with zero attached hydrogens (tertiary/aromatic N) is 3. The molecule has 0 spiro atoms. The molecule has 61 heavy (non-hydrogen) atoms. The number of pyridine rings is 1. The fourth-order valence-electron chi connectivity index (χ4n) is 8.93. The molecule has 0 radical (unpaired) electrons. The van der Waals surface area contributed by atoms with Crippen molar-refractivity contribution in [2.75, 3.05) is 0 Å². The highest BCUT2D eigenvalue weighted by atomic mass is 32.1. The summed E-state index contributed by atoms with van der Waals surface area (Å²) < 4.78 is 2.43. The molecule has 0 aliphatic rings. The minimum absolute atomic E-state index is 0.677. The molecule has 0 bridgehead atoms. The van der Waals surface area contributed by atoms with Crippen LogP contribution in [0.2, 0.25) is 0 Å². The van der Waals surface area contributed by atoms with E-state index in [9.17, 15) is 0 Å². The maximum atomic E-state index is 5.64. The van der Waals surface area contributed by atoms with E-state index in [0.29, 0.717) is 5.82 Å². The van der Waals surface area contributed by atoms with E-state index in [-0.39, 0.29) is 0 Å². The van der Waals surface area contributed by atoms with E-state index in [1.165, 1.54) is 52.8 Å². The molecule has 0 saturated carbocycles. The highest BCUT2D eigenvalue weighted by molar-refractivity contribution is 7.26. The van der Waals surface area contributed by atoms with Crippen molar-refractivity contribution < 1.29 is 0 Å². The Balaban J connectivity index is 1.10. The lowest BCUT2D eigenvalue weighted by Gasteiger charge is -2.15. The van der Waals surface area contributed by atoms with Gasteiger partial charge in [-0.1, -0.05) is 188 Å². The van der Waals surface area contributed by atoms with Crippen molar-refractivity contribution in [2.45, 2.75) is 0 Å². The summed E-state index contributed by atoms with van der Waals surface area (Å²) in [5.74, 6) is 0.677. The summed E-state index contributed by atoms with van der Waals surface area (Å²) in [4.78, 5) is 16.3. The number of thiophene rings is 1. The molecular weight excluding hydrogens is 759 g/mol. The largest absolute Gasteiger partial charge is 0.247 e. The van der Waals surface area contributed by atoms with E-state index in [0.717, 1.165) is 61.4 Å². The molecule has 3 aromatic heterocycles. The Kier molecular flexibility index (Phi) is 8.36. The van der Waals surface area contributed by atoms with Gasteiger partial charge in [-0.25, -0.2) is 15.0 Å². The summed E-state index contributed by atoms with van der Waals surface area (Å²) in [6.45, 7) is 0. The molecular formula is C57H35N3S. The standard InChI is InChI=1S/C57H35N3S/c1-3-14-36(15-4-1)38-26-30-40(31-27-38)50-35-51(60-57(59-50)41-32-28-39(29-33-41)37-16-5-2-6-17-37)46-23-13-24-49-53(46)56-54(47-22-11-12-25-52(47)61-56)55(58-49)48-34-42-18-7-8-19-43(42)44-20-9-10-21-45(44)48/h1-35H. The molecule has 0 saturated heterocycles. The topological polar surface area (TPSA) is 38.7 Å². The monoisotopic (exact) mass is 793 g/mol. The van der Waals surface area contributed by atoms with Crippen molar-refractivity contribution in [2.24, 2.45) is 0 Å². The van der Waals surface area contributed by atoms with Gasteiger partial charge >= 0.3 is 0 Å². The van der Waals surface area contributed by atoms with Gasteiger partial charge in [-0.05, 0) is 68.1 Å². The Labute approximate surface area is 356 Å². The van der Waals surface area contributed by atoms with Gasteiger partial charge < -0.3 is 0 Å². The van der Waals surface area contributed by atoms with Crippen LogP contribution in [0.4, 0.5) is 0 Å². The van der Waals surface area contributed by atoms with Gasteiger partial charge in [0.2, 0.25) is 0 Å². The second-order valence-corrected chi connectivity index (χ2v) is 16.6. The molecule has 0 unspecified atom stereocenters. The Morgan fingerprint density at radius 1 is 0.328 bits per heavy atom. The van der Waals surface area contributed by atoms with Gasteiger partial charge in [0.05, 0.1) is 22.6 Å². The van der Waals surface area contributed by atoms with Crippen LogP contribution in [0.5, 0.6) is 0 Å². The fourth-order valence-corrected chi connectivity index (χ4v) is 10.2. The Morgan fingerprint density at radius 2 is 0.885 bits per heavy atom. The van der Waals surface area contributed by atoms with Crippen molar-refractivity contribution in [3.8, 4) is 67.4 Å². The summed E-state index contributed by atoms with van der Waals surface area (Å²) in [6.07, 6.45) is 0. The average molecular weight is 794 g/mol. The van der Waals surface area contributed by atoms with Gasteiger partial charge in [0, 0.05) is 47.8 Å². The zero-order valence-electron chi connectivity index (χ0n) is 33.0. The van der Waals surface area contributed by atoms with Gasteiger partial charge in [-0.2, -0.15) is 0 Å². The molecule has 3 heterocycles. The van der Waals surface area contributed by atoms with Crippen LogP contribution < -0.4 is 0 Å². The van der Waals surface area contributed by atoms with Crippen LogP contribution >= 0.6 is 11.3 Å². The van der Waals surface area contributed by atoms with Gasteiger partial charge in [0.25, 0.3) is 0 Å². The quantitative estimate of drug-likeness (QED) is 0.157. The Hall–Kier alpha value is -7.79. The molecule has 12 rings (SSSR count). The maximum absolute atomic E-state index is 5.64. The van der Waals surface area contributed by atoms with Crippen molar-refractivity contribution in [3.63, 3.8) is 0 Å². The SMILES string of the molecule is c1ccc(-c2ccc(-c3cc(-c4cccc5nc(-c6cc7ccccc7c7ccccc67)c6c7ccccc7sc6c45)nc(-c4ccc(-c5ccccc5)cc4)n3)cc2)cc1.